The van der Waals surface area contributed by atoms with Gasteiger partial charge in [0.15, 0.2) is 5.72 Å². The van der Waals surface area contributed by atoms with Crippen molar-refractivity contribution in [2.45, 2.75) is 18.6 Å². The smallest absolute Gasteiger partial charge is 0.407 e. The first-order valence-corrected chi connectivity index (χ1v) is 6.58. The fraction of sp³-hybridized carbons (Fsp3) is 0.429. The molecule has 0 bridgehead atoms. The summed E-state index contributed by atoms with van der Waals surface area (Å²) in [6, 6.07) is 7.16. The molecule has 2 heterocycles. The van der Waals surface area contributed by atoms with Crippen molar-refractivity contribution in [2.75, 3.05) is 20.1 Å². The highest BCUT2D eigenvalue weighted by molar-refractivity contribution is 5.98. The van der Waals surface area contributed by atoms with Gasteiger partial charge in [-0.05, 0) is 12.1 Å². The van der Waals surface area contributed by atoms with Crippen molar-refractivity contribution in [2.24, 2.45) is 0 Å². The van der Waals surface area contributed by atoms with E-state index >= 15 is 0 Å². The lowest BCUT2D eigenvalue weighted by Gasteiger charge is -2.48. The molecule has 0 aliphatic carbocycles. The molecule has 3 rings (SSSR count). The molecule has 6 nitrogen and oxygen atoms in total. The van der Waals surface area contributed by atoms with Crippen molar-refractivity contribution >= 4 is 12.0 Å². The van der Waals surface area contributed by atoms with Crippen molar-refractivity contribution in [3.05, 3.63) is 29.8 Å². The lowest BCUT2D eigenvalue weighted by Crippen LogP contribution is -2.61. The largest absolute Gasteiger partial charge is 0.467 e. The molecule has 0 radical (unpaired) electrons. The summed E-state index contributed by atoms with van der Waals surface area (Å²) in [4.78, 5) is 26.4. The second-order valence-corrected chi connectivity index (χ2v) is 5.18. The summed E-state index contributed by atoms with van der Waals surface area (Å²) in [5, 5.41) is 9.01. The maximum Gasteiger partial charge on any atom is 0.407 e. The predicted octanol–water partition coefficient (Wildman–Crippen LogP) is 1.62. The minimum Gasteiger partial charge on any atom is -0.467 e. The zero-order valence-electron chi connectivity index (χ0n) is 11.2. The number of hydrogen-bond acceptors (Lipinski definition) is 3. The molecule has 6 heteroatoms. The summed E-state index contributed by atoms with van der Waals surface area (Å²) in [5.74, 6) is 0.509. The Hall–Kier alpha value is -2.24. The maximum absolute atomic E-state index is 12.4. The van der Waals surface area contributed by atoms with Crippen LogP contribution < -0.4 is 4.74 Å². The number of hydrogen-bond donors (Lipinski definition) is 1. The first kappa shape index (κ1) is 12.8. The third kappa shape index (κ3) is 1.79. The standard InChI is InChI=1S/C14H16N2O4/c1-15-12(17)10-4-2-3-5-11(10)20-14(15)6-8-16(9-7-14)13(18)19/h2-5H,6-9H2,1H3,(H,18,19). The van der Waals surface area contributed by atoms with Crippen LogP contribution in [0, 0.1) is 0 Å². The Kier molecular flexibility index (Phi) is 2.81. The molecule has 2 aliphatic heterocycles. The molecule has 1 aromatic rings. The number of fused-ring (bicyclic) bond motifs is 1. The van der Waals surface area contributed by atoms with E-state index in [4.69, 9.17) is 9.84 Å². The molecular formula is C14H16N2O4. The Morgan fingerprint density at radius 1 is 1.30 bits per heavy atom. The molecule has 2 amide bonds. The Morgan fingerprint density at radius 2 is 1.95 bits per heavy atom. The number of nitrogens with zero attached hydrogens (tertiary/aromatic N) is 2. The molecule has 1 spiro atoms. The average molecular weight is 276 g/mol. The molecule has 1 aromatic carbocycles. The van der Waals surface area contributed by atoms with E-state index in [0.717, 1.165) is 0 Å². The normalized spacial score (nSPS) is 20.6. The van der Waals surface area contributed by atoms with Crippen molar-refractivity contribution in [1.29, 1.82) is 0 Å². The maximum atomic E-state index is 12.4. The third-order valence-electron chi connectivity index (χ3n) is 4.15. The summed E-state index contributed by atoms with van der Waals surface area (Å²) < 4.78 is 6.06. The first-order chi connectivity index (χ1) is 9.53. The Bertz CT molecular complexity index is 564. The molecule has 1 N–H and O–H groups in total. The van der Waals surface area contributed by atoms with Crippen LogP contribution in [-0.4, -0.2) is 52.8 Å². The van der Waals surface area contributed by atoms with Gasteiger partial charge in [0, 0.05) is 33.0 Å². The number of rotatable bonds is 0. The number of para-hydroxylation sites is 1. The van der Waals surface area contributed by atoms with Crippen LogP contribution in [0.15, 0.2) is 24.3 Å². The molecule has 0 atom stereocenters. The number of carboxylic acid groups (broad SMARTS) is 1. The predicted molar refractivity (Wildman–Crippen MR) is 70.7 cm³/mol. The van der Waals surface area contributed by atoms with Gasteiger partial charge in [0.1, 0.15) is 5.75 Å². The molecule has 0 unspecified atom stereocenters. The van der Waals surface area contributed by atoms with Crippen LogP contribution in [0.4, 0.5) is 4.79 Å². The molecule has 2 aliphatic rings. The summed E-state index contributed by atoms with van der Waals surface area (Å²) in [5.41, 5.74) is -0.168. The molecule has 106 valence electrons. The number of amides is 2. The van der Waals surface area contributed by atoms with Gasteiger partial charge >= 0.3 is 6.09 Å². The number of carbonyl (C=O) groups is 2. The van der Waals surface area contributed by atoms with Crippen LogP contribution in [-0.2, 0) is 0 Å². The van der Waals surface area contributed by atoms with E-state index in [2.05, 4.69) is 0 Å². The van der Waals surface area contributed by atoms with Gasteiger partial charge in [-0.2, -0.15) is 0 Å². The summed E-state index contributed by atoms with van der Waals surface area (Å²) in [6.45, 7) is 0.740. The van der Waals surface area contributed by atoms with Crippen LogP contribution in [0.1, 0.15) is 23.2 Å². The Morgan fingerprint density at radius 3 is 2.60 bits per heavy atom. The highest BCUT2D eigenvalue weighted by atomic mass is 16.5. The van der Waals surface area contributed by atoms with Crippen LogP contribution in [0.3, 0.4) is 0 Å². The van der Waals surface area contributed by atoms with E-state index in [1.807, 2.05) is 6.07 Å². The number of ether oxygens (including phenoxy) is 1. The molecule has 1 fully saturated rings. The van der Waals surface area contributed by atoms with Gasteiger partial charge in [0.25, 0.3) is 5.91 Å². The van der Waals surface area contributed by atoms with Gasteiger partial charge in [0.2, 0.25) is 0 Å². The van der Waals surface area contributed by atoms with Crippen molar-refractivity contribution in [1.82, 2.24) is 9.80 Å². The number of likely N-dealkylation sites (tertiary alicyclic amines) is 1. The molecule has 1 saturated heterocycles. The van der Waals surface area contributed by atoms with Crippen LogP contribution >= 0.6 is 0 Å². The lowest BCUT2D eigenvalue weighted by atomic mass is 9.95. The lowest BCUT2D eigenvalue weighted by molar-refractivity contribution is -0.0968. The highest BCUT2D eigenvalue weighted by Gasteiger charge is 2.47. The highest BCUT2D eigenvalue weighted by Crippen LogP contribution is 2.38. The van der Waals surface area contributed by atoms with E-state index in [0.29, 0.717) is 37.2 Å². The zero-order chi connectivity index (χ0) is 14.3. The van der Waals surface area contributed by atoms with Crippen molar-refractivity contribution in [3.8, 4) is 5.75 Å². The van der Waals surface area contributed by atoms with Crippen LogP contribution in [0.5, 0.6) is 5.75 Å². The second-order valence-electron chi connectivity index (χ2n) is 5.18. The molecule has 20 heavy (non-hydrogen) atoms. The Balaban J connectivity index is 1.89. The van der Waals surface area contributed by atoms with Crippen molar-refractivity contribution in [3.63, 3.8) is 0 Å². The minimum absolute atomic E-state index is 0.0735. The van der Waals surface area contributed by atoms with E-state index in [-0.39, 0.29) is 5.91 Å². The fourth-order valence-electron chi connectivity index (χ4n) is 2.86. The van der Waals surface area contributed by atoms with E-state index in [9.17, 15) is 9.59 Å². The number of benzene rings is 1. The number of piperidine rings is 1. The van der Waals surface area contributed by atoms with E-state index in [1.165, 1.54) is 4.90 Å². The summed E-state index contributed by atoms with van der Waals surface area (Å²) in [7, 11) is 1.72. The van der Waals surface area contributed by atoms with Gasteiger partial charge in [-0.15, -0.1) is 0 Å². The van der Waals surface area contributed by atoms with Gasteiger partial charge in [-0.25, -0.2) is 4.79 Å². The van der Waals surface area contributed by atoms with E-state index < -0.39 is 11.8 Å². The summed E-state index contributed by atoms with van der Waals surface area (Å²) >= 11 is 0. The minimum atomic E-state index is -0.926. The first-order valence-electron chi connectivity index (χ1n) is 6.58. The molecule has 0 saturated carbocycles. The van der Waals surface area contributed by atoms with Gasteiger partial charge in [0.05, 0.1) is 5.56 Å². The fourth-order valence-corrected chi connectivity index (χ4v) is 2.86. The van der Waals surface area contributed by atoms with E-state index in [1.54, 1.807) is 30.1 Å². The second kappa shape index (κ2) is 4.40. The van der Waals surface area contributed by atoms with Gasteiger partial charge < -0.3 is 19.6 Å². The summed E-state index contributed by atoms with van der Waals surface area (Å²) in [6.07, 6.45) is 0.0381. The monoisotopic (exact) mass is 276 g/mol. The molecule has 0 aromatic heterocycles. The van der Waals surface area contributed by atoms with Crippen LogP contribution in [0.25, 0.3) is 0 Å². The van der Waals surface area contributed by atoms with Gasteiger partial charge in [-0.3, -0.25) is 4.79 Å². The Labute approximate surface area is 116 Å². The third-order valence-corrected chi connectivity index (χ3v) is 4.15. The SMILES string of the molecule is CN1C(=O)c2ccccc2OC12CCN(C(=O)O)CC2. The molecular weight excluding hydrogens is 260 g/mol. The van der Waals surface area contributed by atoms with Crippen molar-refractivity contribution < 1.29 is 19.4 Å². The number of carbonyl (C=O) groups excluding carboxylic acids is 1. The topological polar surface area (TPSA) is 70.1 Å². The quantitative estimate of drug-likeness (QED) is 0.781. The van der Waals surface area contributed by atoms with Gasteiger partial charge in [-0.1, -0.05) is 12.1 Å². The zero-order valence-corrected chi connectivity index (χ0v) is 11.2. The average Bonchev–Trinajstić information content (AvgIpc) is 2.46. The van der Waals surface area contributed by atoms with Crippen LogP contribution in [0.2, 0.25) is 0 Å².